The first kappa shape index (κ1) is 26.5. The van der Waals surface area contributed by atoms with Crippen LogP contribution in [0.25, 0.3) is 0 Å². The maximum atomic E-state index is 12.8. The molecule has 0 aliphatic rings. The molecular weight excluding hydrogens is 462 g/mol. The normalized spacial score (nSPS) is 11.2. The Bertz CT molecular complexity index is 1230. The Morgan fingerprint density at radius 1 is 1.03 bits per heavy atom. The minimum absolute atomic E-state index is 0.217. The van der Waals surface area contributed by atoms with E-state index >= 15 is 0 Å². The Labute approximate surface area is 210 Å². The zero-order valence-corrected chi connectivity index (χ0v) is 21.5. The molecule has 2 aromatic heterocycles. The lowest BCUT2D eigenvalue weighted by atomic mass is 9.93. The first-order valence-corrected chi connectivity index (χ1v) is 11.8. The Morgan fingerprint density at radius 3 is 2.25 bits per heavy atom. The molecule has 1 aromatic carbocycles. The van der Waals surface area contributed by atoms with Gasteiger partial charge in [-0.15, -0.1) is 0 Å². The highest BCUT2D eigenvalue weighted by molar-refractivity contribution is 6.04. The number of carbonyl (C=O) groups excluding carboxylic acids is 3. The monoisotopic (exact) mass is 495 g/mol. The van der Waals surface area contributed by atoms with Gasteiger partial charge in [-0.3, -0.25) is 14.9 Å². The molecule has 0 spiro atoms. The number of rotatable bonds is 8. The summed E-state index contributed by atoms with van der Waals surface area (Å²) in [6.07, 6.45) is 0.749. The van der Waals surface area contributed by atoms with Gasteiger partial charge in [0.2, 0.25) is 0 Å². The number of carbonyl (C=O) groups is 3. The Hall–Kier alpha value is -4.08. The van der Waals surface area contributed by atoms with E-state index in [-0.39, 0.29) is 23.7 Å². The predicted molar refractivity (Wildman–Crippen MR) is 137 cm³/mol. The number of benzene rings is 1. The number of nitrogens with zero attached hydrogens (tertiary/aromatic N) is 1. The molecule has 0 bridgehead atoms. The quantitative estimate of drug-likeness (QED) is 0.313. The average molecular weight is 496 g/mol. The van der Waals surface area contributed by atoms with E-state index in [9.17, 15) is 14.4 Å². The molecule has 0 saturated carbocycles. The molecule has 36 heavy (non-hydrogen) atoms. The molecule has 0 aliphatic carbocycles. The van der Waals surface area contributed by atoms with Crippen LogP contribution in [0.5, 0.6) is 0 Å². The predicted octanol–water partition coefficient (Wildman–Crippen LogP) is 5.31. The first-order valence-electron chi connectivity index (χ1n) is 11.8. The van der Waals surface area contributed by atoms with Gasteiger partial charge in [-0.05, 0) is 62.6 Å². The van der Waals surface area contributed by atoms with Crippen molar-refractivity contribution in [1.29, 1.82) is 0 Å². The number of urea groups is 1. The van der Waals surface area contributed by atoms with Crippen molar-refractivity contribution < 1.29 is 23.6 Å². The minimum atomic E-state index is -0.464. The molecule has 4 N–H and O–H groups in total. The molecule has 0 radical (unpaired) electrons. The summed E-state index contributed by atoms with van der Waals surface area (Å²) in [5.41, 5.74) is 3.90. The molecule has 0 unspecified atom stereocenters. The highest BCUT2D eigenvalue weighted by Crippen LogP contribution is 2.25. The number of aromatic nitrogens is 2. The highest BCUT2D eigenvalue weighted by Gasteiger charge is 2.21. The summed E-state index contributed by atoms with van der Waals surface area (Å²) in [5.74, 6) is 0.426. The number of anilines is 3. The third-order valence-corrected chi connectivity index (χ3v) is 5.60. The summed E-state index contributed by atoms with van der Waals surface area (Å²) in [6.45, 7) is 11.8. The van der Waals surface area contributed by atoms with Crippen LogP contribution in [-0.2, 0) is 21.4 Å². The molecule has 2 heterocycles. The Balaban J connectivity index is 1.57. The summed E-state index contributed by atoms with van der Waals surface area (Å²) in [6, 6.07) is 7.95. The summed E-state index contributed by atoms with van der Waals surface area (Å²) in [5, 5.41) is 12.1. The third-order valence-electron chi connectivity index (χ3n) is 5.60. The SMILES string of the molecule is CCOC(=O)CCc1c(C)[nH]c(C(=O)Nc2ccc(NC(=O)Nc3cc(C(C)(C)C)on3)cc2)c1C. The zero-order chi connectivity index (χ0) is 26.5. The third kappa shape index (κ3) is 6.74. The van der Waals surface area contributed by atoms with Gasteiger partial charge in [-0.25, -0.2) is 4.79 Å². The topological polar surface area (TPSA) is 138 Å². The lowest BCUT2D eigenvalue weighted by molar-refractivity contribution is -0.143. The lowest BCUT2D eigenvalue weighted by Crippen LogP contribution is -2.19. The van der Waals surface area contributed by atoms with E-state index < -0.39 is 6.03 Å². The van der Waals surface area contributed by atoms with Crippen molar-refractivity contribution in [3.05, 3.63) is 58.6 Å². The number of amides is 3. The second-order valence-electron chi connectivity index (χ2n) is 9.47. The number of nitrogens with one attached hydrogen (secondary N) is 4. The molecule has 0 saturated heterocycles. The van der Waals surface area contributed by atoms with Gasteiger partial charge in [0.25, 0.3) is 5.91 Å². The van der Waals surface area contributed by atoms with Crippen LogP contribution in [0, 0.1) is 13.8 Å². The van der Waals surface area contributed by atoms with Crippen molar-refractivity contribution in [3.8, 4) is 0 Å². The molecule has 10 heteroatoms. The number of esters is 1. The van der Waals surface area contributed by atoms with E-state index in [0.29, 0.717) is 41.7 Å². The molecular formula is C26H33N5O5. The molecule has 0 aliphatic heterocycles. The van der Waals surface area contributed by atoms with Crippen LogP contribution in [0.4, 0.5) is 22.0 Å². The zero-order valence-electron chi connectivity index (χ0n) is 21.5. The summed E-state index contributed by atoms with van der Waals surface area (Å²) < 4.78 is 10.3. The molecule has 3 aromatic rings. The van der Waals surface area contributed by atoms with Crippen molar-refractivity contribution in [2.75, 3.05) is 22.6 Å². The maximum Gasteiger partial charge on any atom is 0.324 e. The number of aromatic amines is 1. The fraction of sp³-hybridized carbons (Fsp3) is 0.385. The van der Waals surface area contributed by atoms with E-state index in [4.69, 9.17) is 9.26 Å². The number of aryl methyl sites for hydroxylation is 1. The van der Waals surface area contributed by atoms with Crippen LogP contribution in [-0.4, -0.2) is 34.7 Å². The number of hydrogen-bond acceptors (Lipinski definition) is 6. The number of hydrogen-bond donors (Lipinski definition) is 4. The van der Waals surface area contributed by atoms with Crippen LogP contribution in [0.1, 0.15) is 67.2 Å². The van der Waals surface area contributed by atoms with Gasteiger partial charge in [0.05, 0.1) is 6.61 Å². The molecule has 3 rings (SSSR count). The van der Waals surface area contributed by atoms with Crippen molar-refractivity contribution >= 4 is 35.1 Å². The molecule has 10 nitrogen and oxygen atoms in total. The van der Waals surface area contributed by atoms with E-state index in [1.54, 1.807) is 37.3 Å². The minimum Gasteiger partial charge on any atom is -0.466 e. The average Bonchev–Trinajstić information content (AvgIpc) is 3.38. The van der Waals surface area contributed by atoms with Crippen molar-refractivity contribution in [1.82, 2.24) is 10.1 Å². The van der Waals surface area contributed by atoms with Crippen molar-refractivity contribution in [2.24, 2.45) is 0 Å². The van der Waals surface area contributed by atoms with Gasteiger partial charge in [0.15, 0.2) is 5.82 Å². The first-order chi connectivity index (χ1) is 17.0. The molecule has 3 amide bonds. The van der Waals surface area contributed by atoms with Crippen LogP contribution < -0.4 is 16.0 Å². The van der Waals surface area contributed by atoms with E-state index in [1.807, 2.05) is 34.6 Å². The summed E-state index contributed by atoms with van der Waals surface area (Å²) in [7, 11) is 0. The van der Waals surface area contributed by atoms with Gasteiger partial charge in [-0.2, -0.15) is 0 Å². The van der Waals surface area contributed by atoms with Gasteiger partial charge in [0, 0.05) is 35.0 Å². The number of H-pyrrole nitrogens is 1. The van der Waals surface area contributed by atoms with Crippen LogP contribution in [0.2, 0.25) is 0 Å². The lowest BCUT2D eigenvalue weighted by Gasteiger charge is -2.12. The van der Waals surface area contributed by atoms with Crippen LogP contribution >= 0.6 is 0 Å². The Morgan fingerprint density at radius 2 is 1.67 bits per heavy atom. The number of ether oxygens (including phenoxy) is 1. The van der Waals surface area contributed by atoms with Crippen molar-refractivity contribution in [2.45, 2.75) is 59.8 Å². The van der Waals surface area contributed by atoms with E-state index in [2.05, 4.69) is 26.1 Å². The Kier molecular flexibility index (Phi) is 8.18. The van der Waals surface area contributed by atoms with E-state index in [1.165, 1.54) is 0 Å². The van der Waals surface area contributed by atoms with Crippen molar-refractivity contribution in [3.63, 3.8) is 0 Å². The van der Waals surface area contributed by atoms with Crippen LogP contribution in [0.15, 0.2) is 34.9 Å². The maximum absolute atomic E-state index is 12.8. The summed E-state index contributed by atoms with van der Waals surface area (Å²) in [4.78, 5) is 39.9. The fourth-order valence-electron chi connectivity index (χ4n) is 3.65. The van der Waals surface area contributed by atoms with Gasteiger partial charge in [-0.1, -0.05) is 25.9 Å². The summed E-state index contributed by atoms with van der Waals surface area (Å²) >= 11 is 0. The highest BCUT2D eigenvalue weighted by atomic mass is 16.5. The van der Waals surface area contributed by atoms with Gasteiger partial charge < -0.3 is 24.9 Å². The van der Waals surface area contributed by atoms with E-state index in [0.717, 1.165) is 16.8 Å². The molecule has 192 valence electrons. The molecule has 0 atom stereocenters. The largest absolute Gasteiger partial charge is 0.466 e. The fourth-order valence-corrected chi connectivity index (χ4v) is 3.65. The smallest absolute Gasteiger partial charge is 0.324 e. The molecule has 0 fully saturated rings. The standard InChI is InChI=1S/C26H33N5O5/c1-7-35-22(32)13-12-19-15(2)23(27-16(19)3)24(33)28-17-8-10-18(11-9-17)29-25(34)30-21-14-20(36-31-21)26(4,5)6/h8-11,14,27H,7,12-13H2,1-6H3,(H,28,33)(H2,29,30,31,34). The van der Waals surface area contributed by atoms with Crippen LogP contribution in [0.3, 0.4) is 0 Å². The second-order valence-corrected chi connectivity index (χ2v) is 9.47. The van der Waals surface area contributed by atoms with Gasteiger partial charge >= 0.3 is 12.0 Å². The van der Waals surface area contributed by atoms with Gasteiger partial charge in [0.1, 0.15) is 11.5 Å². The second kappa shape index (κ2) is 11.1.